The monoisotopic (exact) mass is 199 g/mol. The maximum atomic E-state index is 11.7. The number of amides is 3. The van der Waals surface area contributed by atoms with Crippen molar-refractivity contribution in [2.24, 2.45) is 11.1 Å². The molecular weight excluding hydrogens is 182 g/mol. The van der Waals surface area contributed by atoms with Crippen LogP contribution in [0.3, 0.4) is 0 Å². The van der Waals surface area contributed by atoms with Gasteiger partial charge in [-0.15, -0.1) is 0 Å². The molecule has 0 aromatic carbocycles. The summed E-state index contributed by atoms with van der Waals surface area (Å²) in [6.45, 7) is 3.60. The van der Waals surface area contributed by atoms with Gasteiger partial charge >= 0.3 is 6.03 Å². The number of hydrogen-bond donors (Lipinski definition) is 3. The first-order valence-corrected chi connectivity index (χ1v) is 4.92. The third-order valence-corrected chi connectivity index (χ3v) is 2.96. The first-order valence-electron chi connectivity index (χ1n) is 4.92. The van der Waals surface area contributed by atoms with E-state index in [0.717, 1.165) is 32.4 Å². The number of piperidine rings is 1. The van der Waals surface area contributed by atoms with Crippen molar-refractivity contribution in [2.75, 3.05) is 13.1 Å². The molecule has 5 nitrogen and oxygen atoms in total. The van der Waals surface area contributed by atoms with Crippen molar-refractivity contribution in [3.63, 3.8) is 0 Å². The number of hydrogen-bond acceptors (Lipinski definition) is 3. The molecule has 1 heterocycles. The van der Waals surface area contributed by atoms with Gasteiger partial charge in [0.05, 0.1) is 5.41 Å². The summed E-state index contributed by atoms with van der Waals surface area (Å²) in [6.07, 6.45) is 2.28. The number of rotatable bonds is 2. The minimum absolute atomic E-state index is 0.228. The van der Waals surface area contributed by atoms with Gasteiger partial charge in [-0.25, -0.2) is 4.79 Å². The van der Waals surface area contributed by atoms with E-state index in [0.29, 0.717) is 0 Å². The summed E-state index contributed by atoms with van der Waals surface area (Å²) in [4.78, 5) is 22.3. The quantitative estimate of drug-likeness (QED) is 0.583. The third kappa shape index (κ3) is 2.23. The highest BCUT2D eigenvalue weighted by atomic mass is 16.2. The Hall–Kier alpha value is -1.10. The van der Waals surface area contributed by atoms with Gasteiger partial charge in [0.2, 0.25) is 5.91 Å². The van der Waals surface area contributed by atoms with Crippen LogP contribution < -0.4 is 16.4 Å². The maximum absolute atomic E-state index is 11.7. The normalized spacial score (nSPS) is 20.1. The molecule has 0 radical (unpaired) electrons. The fourth-order valence-electron chi connectivity index (χ4n) is 1.89. The van der Waals surface area contributed by atoms with Crippen molar-refractivity contribution in [3.05, 3.63) is 0 Å². The number of carbonyl (C=O) groups is 2. The number of nitrogens with one attached hydrogen (secondary N) is 2. The highest BCUT2D eigenvalue weighted by Gasteiger charge is 2.38. The summed E-state index contributed by atoms with van der Waals surface area (Å²) in [7, 11) is 0. The van der Waals surface area contributed by atoms with Crippen LogP contribution in [0.5, 0.6) is 0 Å². The first-order chi connectivity index (χ1) is 6.60. The zero-order valence-electron chi connectivity index (χ0n) is 8.43. The fraction of sp³-hybridized carbons (Fsp3) is 0.778. The number of carbonyl (C=O) groups excluding carboxylic acids is 2. The minimum Gasteiger partial charge on any atom is -0.351 e. The average molecular weight is 199 g/mol. The van der Waals surface area contributed by atoms with Gasteiger partial charge in [-0.05, 0) is 32.4 Å². The molecule has 0 unspecified atom stereocenters. The lowest BCUT2D eigenvalue weighted by Gasteiger charge is -2.34. The summed E-state index contributed by atoms with van der Waals surface area (Å²) in [5.74, 6) is -0.228. The summed E-state index contributed by atoms with van der Waals surface area (Å²) in [5, 5.41) is 5.36. The molecule has 0 bridgehead atoms. The Labute approximate surface area is 83.4 Å². The summed E-state index contributed by atoms with van der Waals surface area (Å²) in [6, 6.07) is -0.763. The smallest absolute Gasteiger partial charge is 0.318 e. The third-order valence-electron chi connectivity index (χ3n) is 2.96. The van der Waals surface area contributed by atoms with Crippen molar-refractivity contribution in [1.82, 2.24) is 10.6 Å². The Morgan fingerprint density at radius 3 is 2.43 bits per heavy atom. The first kappa shape index (κ1) is 11.0. The molecule has 5 heteroatoms. The molecule has 80 valence electrons. The van der Waals surface area contributed by atoms with Crippen LogP contribution >= 0.6 is 0 Å². The number of imide groups is 1. The number of nitrogens with two attached hydrogens (primary N) is 1. The Morgan fingerprint density at radius 2 is 2.00 bits per heavy atom. The topological polar surface area (TPSA) is 84.2 Å². The van der Waals surface area contributed by atoms with Gasteiger partial charge in [0.15, 0.2) is 0 Å². The molecule has 0 saturated carbocycles. The SMILES string of the molecule is CCC1(C(=O)NC(N)=O)CCNCC1. The number of primary amides is 1. The van der Waals surface area contributed by atoms with Crippen LogP contribution in [-0.4, -0.2) is 25.0 Å². The molecule has 0 aromatic rings. The van der Waals surface area contributed by atoms with E-state index in [1.807, 2.05) is 6.92 Å². The largest absolute Gasteiger partial charge is 0.351 e. The Bertz CT molecular complexity index is 234. The fourth-order valence-corrected chi connectivity index (χ4v) is 1.89. The van der Waals surface area contributed by atoms with E-state index in [4.69, 9.17) is 5.73 Å². The van der Waals surface area contributed by atoms with Gasteiger partial charge in [0.25, 0.3) is 0 Å². The second kappa shape index (κ2) is 4.41. The highest BCUT2D eigenvalue weighted by molar-refractivity contribution is 5.96. The molecule has 1 aliphatic rings. The van der Waals surface area contributed by atoms with Crippen molar-refractivity contribution in [2.45, 2.75) is 26.2 Å². The Morgan fingerprint density at radius 1 is 1.43 bits per heavy atom. The van der Waals surface area contributed by atoms with Crippen LogP contribution in [0.15, 0.2) is 0 Å². The summed E-state index contributed by atoms with van der Waals surface area (Å²) >= 11 is 0. The van der Waals surface area contributed by atoms with Gasteiger partial charge in [-0.3, -0.25) is 10.1 Å². The standard InChI is InChI=1S/C9H17N3O2/c1-2-9(3-5-11-6-4-9)7(13)12-8(10)14/h11H,2-6H2,1H3,(H3,10,12,13,14). The molecule has 0 atom stereocenters. The lowest BCUT2D eigenvalue weighted by molar-refractivity contribution is -0.131. The van der Waals surface area contributed by atoms with Gasteiger partial charge in [0.1, 0.15) is 0 Å². The highest BCUT2D eigenvalue weighted by Crippen LogP contribution is 2.32. The Balaban J connectivity index is 2.67. The molecular formula is C9H17N3O2. The van der Waals surface area contributed by atoms with E-state index in [1.165, 1.54) is 0 Å². The predicted molar refractivity (Wildman–Crippen MR) is 52.6 cm³/mol. The van der Waals surface area contributed by atoms with E-state index >= 15 is 0 Å². The molecule has 1 rings (SSSR count). The summed E-state index contributed by atoms with van der Waals surface area (Å²) < 4.78 is 0. The van der Waals surface area contributed by atoms with E-state index < -0.39 is 11.4 Å². The maximum Gasteiger partial charge on any atom is 0.318 e. The minimum atomic E-state index is -0.763. The van der Waals surface area contributed by atoms with Crippen molar-refractivity contribution in [3.8, 4) is 0 Å². The van der Waals surface area contributed by atoms with Crippen molar-refractivity contribution < 1.29 is 9.59 Å². The van der Waals surface area contributed by atoms with Crippen LogP contribution in [0.1, 0.15) is 26.2 Å². The summed E-state index contributed by atoms with van der Waals surface area (Å²) in [5.41, 5.74) is 4.52. The van der Waals surface area contributed by atoms with Gasteiger partial charge in [-0.2, -0.15) is 0 Å². The molecule has 1 aliphatic heterocycles. The lowest BCUT2D eigenvalue weighted by atomic mass is 9.76. The van der Waals surface area contributed by atoms with Crippen LogP contribution in [0.25, 0.3) is 0 Å². The van der Waals surface area contributed by atoms with E-state index in [9.17, 15) is 9.59 Å². The molecule has 14 heavy (non-hydrogen) atoms. The second-order valence-corrected chi connectivity index (χ2v) is 3.70. The van der Waals surface area contributed by atoms with Crippen LogP contribution in [-0.2, 0) is 4.79 Å². The van der Waals surface area contributed by atoms with Crippen molar-refractivity contribution >= 4 is 11.9 Å². The van der Waals surface area contributed by atoms with Crippen molar-refractivity contribution in [1.29, 1.82) is 0 Å². The zero-order chi connectivity index (χ0) is 10.6. The van der Waals surface area contributed by atoms with E-state index in [2.05, 4.69) is 10.6 Å². The molecule has 1 fully saturated rings. The van der Waals surface area contributed by atoms with Gasteiger partial charge < -0.3 is 11.1 Å². The van der Waals surface area contributed by atoms with E-state index in [1.54, 1.807) is 0 Å². The molecule has 4 N–H and O–H groups in total. The lowest BCUT2D eigenvalue weighted by Crippen LogP contribution is -2.50. The van der Waals surface area contributed by atoms with Gasteiger partial charge in [0, 0.05) is 0 Å². The molecule has 0 spiro atoms. The second-order valence-electron chi connectivity index (χ2n) is 3.70. The average Bonchev–Trinajstić information content (AvgIpc) is 2.18. The molecule has 0 aromatic heterocycles. The zero-order valence-corrected chi connectivity index (χ0v) is 8.43. The molecule has 1 saturated heterocycles. The van der Waals surface area contributed by atoms with Crippen LogP contribution in [0.2, 0.25) is 0 Å². The Kier molecular flexibility index (Phi) is 3.46. The number of urea groups is 1. The molecule has 0 aliphatic carbocycles. The van der Waals surface area contributed by atoms with Crippen LogP contribution in [0.4, 0.5) is 4.79 Å². The molecule has 3 amide bonds. The van der Waals surface area contributed by atoms with E-state index in [-0.39, 0.29) is 5.91 Å². The van der Waals surface area contributed by atoms with Crippen LogP contribution in [0, 0.1) is 5.41 Å². The van der Waals surface area contributed by atoms with Gasteiger partial charge in [-0.1, -0.05) is 6.92 Å². The predicted octanol–water partition coefficient (Wildman–Crippen LogP) is -0.0389.